The van der Waals surface area contributed by atoms with Crippen LogP contribution in [0.15, 0.2) is 0 Å². The second kappa shape index (κ2) is 7.73. The molecule has 2 saturated heterocycles. The molecular weight excluding hydrogens is 284 g/mol. The van der Waals surface area contributed by atoms with Gasteiger partial charge in [0, 0.05) is 39.3 Å². The molecule has 1 N–H and O–H groups in total. The van der Waals surface area contributed by atoms with Crippen molar-refractivity contribution in [2.45, 2.75) is 51.4 Å². The van der Waals surface area contributed by atoms with Gasteiger partial charge in [0.25, 0.3) is 5.91 Å². The van der Waals surface area contributed by atoms with E-state index in [0.29, 0.717) is 26.2 Å². The summed E-state index contributed by atoms with van der Waals surface area (Å²) in [7, 11) is 0. The molecule has 0 radical (unpaired) electrons. The van der Waals surface area contributed by atoms with Gasteiger partial charge >= 0.3 is 0 Å². The summed E-state index contributed by atoms with van der Waals surface area (Å²) in [5, 5.41) is 9.85. The smallest absolute Gasteiger partial charge is 0.251 e. The van der Waals surface area contributed by atoms with Crippen LogP contribution in [0.1, 0.15) is 33.6 Å². The molecule has 2 atom stereocenters. The van der Waals surface area contributed by atoms with Crippen molar-refractivity contribution in [3.63, 3.8) is 0 Å². The molecule has 0 aromatic carbocycles. The molecule has 0 saturated carbocycles. The van der Waals surface area contributed by atoms with E-state index in [1.54, 1.807) is 0 Å². The number of hydrogen-bond donors (Lipinski definition) is 1. The second-order valence-corrected chi connectivity index (χ2v) is 7.02. The molecule has 0 aromatic rings. The van der Waals surface area contributed by atoms with E-state index in [-0.39, 0.29) is 12.0 Å². The fourth-order valence-corrected chi connectivity index (χ4v) is 3.03. The maximum atomic E-state index is 12.4. The Bertz CT molecular complexity index is 356. The first-order chi connectivity index (χ1) is 10.3. The van der Waals surface area contributed by atoms with Crippen molar-refractivity contribution in [3.8, 4) is 0 Å². The minimum absolute atomic E-state index is 0.0564. The highest BCUT2D eigenvalue weighted by atomic mass is 16.5. The van der Waals surface area contributed by atoms with E-state index in [4.69, 9.17) is 9.47 Å². The Labute approximate surface area is 133 Å². The number of rotatable bonds is 6. The summed E-state index contributed by atoms with van der Waals surface area (Å²) in [6, 6.07) is 0. The third-order valence-electron chi connectivity index (χ3n) is 4.20. The molecule has 22 heavy (non-hydrogen) atoms. The van der Waals surface area contributed by atoms with Gasteiger partial charge in [-0.1, -0.05) is 0 Å². The van der Waals surface area contributed by atoms with Gasteiger partial charge in [-0.05, 0) is 33.6 Å². The summed E-state index contributed by atoms with van der Waals surface area (Å²) in [5.74, 6) is 0.0564. The van der Waals surface area contributed by atoms with Crippen LogP contribution in [0.4, 0.5) is 0 Å². The van der Waals surface area contributed by atoms with Crippen LogP contribution in [0.2, 0.25) is 0 Å². The molecule has 0 aliphatic carbocycles. The van der Waals surface area contributed by atoms with Gasteiger partial charge in [0.05, 0.1) is 18.3 Å². The van der Waals surface area contributed by atoms with Crippen molar-refractivity contribution < 1.29 is 19.4 Å². The van der Waals surface area contributed by atoms with Crippen molar-refractivity contribution >= 4 is 5.91 Å². The first-order valence-electron chi connectivity index (χ1n) is 8.32. The van der Waals surface area contributed by atoms with E-state index in [1.165, 1.54) is 0 Å². The molecule has 0 unspecified atom stereocenters. The largest absolute Gasteiger partial charge is 0.389 e. The van der Waals surface area contributed by atoms with Crippen LogP contribution >= 0.6 is 0 Å². The lowest BCUT2D eigenvalue weighted by Crippen LogP contribution is -2.53. The lowest BCUT2D eigenvalue weighted by molar-refractivity contribution is -0.146. The van der Waals surface area contributed by atoms with Gasteiger partial charge in [-0.15, -0.1) is 0 Å². The minimum Gasteiger partial charge on any atom is -0.389 e. The van der Waals surface area contributed by atoms with Crippen LogP contribution in [-0.2, 0) is 14.3 Å². The van der Waals surface area contributed by atoms with Crippen molar-refractivity contribution in [1.29, 1.82) is 0 Å². The first kappa shape index (κ1) is 17.7. The Hall–Kier alpha value is -0.690. The number of ether oxygens (including phenoxy) is 2. The molecule has 2 aliphatic rings. The predicted octanol–water partition coefficient (Wildman–Crippen LogP) is 0.486. The Morgan fingerprint density at radius 3 is 2.59 bits per heavy atom. The zero-order chi connectivity index (χ0) is 16.2. The average molecular weight is 314 g/mol. The first-order valence-corrected chi connectivity index (χ1v) is 8.32. The third-order valence-corrected chi connectivity index (χ3v) is 4.20. The van der Waals surface area contributed by atoms with Crippen LogP contribution in [-0.4, -0.2) is 84.6 Å². The van der Waals surface area contributed by atoms with Crippen LogP contribution in [0.3, 0.4) is 0 Å². The van der Waals surface area contributed by atoms with Crippen molar-refractivity contribution in [1.82, 2.24) is 9.80 Å². The van der Waals surface area contributed by atoms with Gasteiger partial charge in [0.2, 0.25) is 0 Å². The highest BCUT2D eigenvalue weighted by Gasteiger charge is 2.28. The summed E-state index contributed by atoms with van der Waals surface area (Å²) in [6.45, 7) is 10.4. The summed E-state index contributed by atoms with van der Waals surface area (Å²) in [4.78, 5) is 16.4. The third kappa shape index (κ3) is 5.50. The summed E-state index contributed by atoms with van der Waals surface area (Å²) in [6.07, 6.45) is 1.85. The van der Waals surface area contributed by atoms with E-state index < -0.39 is 11.7 Å². The Morgan fingerprint density at radius 1 is 1.36 bits per heavy atom. The molecule has 0 spiro atoms. The number of carbonyl (C=O) groups is 1. The zero-order valence-electron chi connectivity index (χ0n) is 14.1. The van der Waals surface area contributed by atoms with Gasteiger partial charge < -0.3 is 19.5 Å². The highest BCUT2D eigenvalue weighted by Crippen LogP contribution is 2.14. The number of aliphatic hydroxyl groups is 1. The molecule has 2 fully saturated rings. The minimum atomic E-state index is -0.691. The molecule has 128 valence electrons. The topological polar surface area (TPSA) is 62.2 Å². The normalized spacial score (nSPS) is 25.5. The summed E-state index contributed by atoms with van der Waals surface area (Å²) >= 11 is 0. The van der Waals surface area contributed by atoms with Crippen LogP contribution in [0.5, 0.6) is 0 Å². The molecule has 0 aromatic heterocycles. The number of hydrogen-bond acceptors (Lipinski definition) is 5. The standard InChI is InChI=1S/C16H30N2O4/c1-13(22-11-14-5-4-10-21-14)15(19)18-8-6-17(7-9-18)12-16(2,3)20/h13-14,20H,4-12H2,1-3H3/t13-,14-/m0/s1. The zero-order valence-corrected chi connectivity index (χ0v) is 14.1. The Balaban J connectivity index is 1.69. The van der Waals surface area contributed by atoms with Crippen molar-refractivity contribution in [3.05, 3.63) is 0 Å². The van der Waals surface area contributed by atoms with E-state index in [0.717, 1.165) is 32.5 Å². The fraction of sp³-hybridized carbons (Fsp3) is 0.938. The molecule has 1 amide bonds. The van der Waals surface area contributed by atoms with Gasteiger partial charge in [-0.2, -0.15) is 0 Å². The highest BCUT2D eigenvalue weighted by molar-refractivity contribution is 5.80. The number of nitrogens with zero attached hydrogens (tertiary/aromatic N) is 2. The Kier molecular flexibility index (Phi) is 6.20. The quantitative estimate of drug-likeness (QED) is 0.773. The maximum Gasteiger partial charge on any atom is 0.251 e. The monoisotopic (exact) mass is 314 g/mol. The number of β-amino-alcohol motifs (C(OH)–C–C–N with tert-alkyl or cyclic N) is 1. The molecular formula is C16H30N2O4. The van der Waals surface area contributed by atoms with Crippen molar-refractivity contribution in [2.75, 3.05) is 45.9 Å². The fourth-order valence-electron chi connectivity index (χ4n) is 3.03. The van der Waals surface area contributed by atoms with Gasteiger partial charge in [-0.3, -0.25) is 9.69 Å². The number of amides is 1. The summed E-state index contributed by atoms with van der Waals surface area (Å²) < 4.78 is 11.2. The van der Waals surface area contributed by atoms with E-state index in [9.17, 15) is 9.90 Å². The van der Waals surface area contributed by atoms with Crippen LogP contribution in [0.25, 0.3) is 0 Å². The molecule has 2 rings (SSSR count). The molecule has 2 aliphatic heterocycles. The lowest BCUT2D eigenvalue weighted by atomic mass is 10.1. The predicted molar refractivity (Wildman–Crippen MR) is 83.7 cm³/mol. The number of carbonyl (C=O) groups excluding carboxylic acids is 1. The second-order valence-electron chi connectivity index (χ2n) is 7.02. The lowest BCUT2D eigenvalue weighted by Gasteiger charge is -2.38. The molecule has 6 heteroatoms. The SMILES string of the molecule is C[C@H](OC[C@@H]1CCCO1)C(=O)N1CCN(CC(C)(C)O)CC1. The summed E-state index contributed by atoms with van der Waals surface area (Å²) in [5.41, 5.74) is -0.691. The van der Waals surface area contributed by atoms with Crippen molar-refractivity contribution in [2.24, 2.45) is 0 Å². The maximum absolute atomic E-state index is 12.4. The molecule has 2 heterocycles. The van der Waals surface area contributed by atoms with Gasteiger partial charge in [0.1, 0.15) is 6.10 Å². The van der Waals surface area contributed by atoms with Gasteiger partial charge in [0.15, 0.2) is 0 Å². The van der Waals surface area contributed by atoms with E-state index in [1.807, 2.05) is 25.7 Å². The average Bonchev–Trinajstić information content (AvgIpc) is 2.96. The Morgan fingerprint density at radius 2 is 2.05 bits per heavy atom. The van der Waals surface area contributed by atoms with Gasteiger partial charge in [-0.25, -0.2) is 0 Å². The number of piperazine rings is 1. The van der Waals surface area contributed by atoms with E-state index >= 15 is 0 Å². The van der Waals surface area contributed by atoms with E-state index in [2.05, 4.69) is 4.90 Å². The van der Waals surface area contributed by atoms with Crippen LogP contribution < -0.4 is 0 Å². The molecule has 0 bridgehead atoms. The molecule has 6 nitrogen and oxygen atoms in total. The van der Waals surface area contributed by atoms with Crippen LogP contribution in [0, 0.1) is 0 Å².